The Hall–Kier alpha value is -3.04. The number of amides is 1. The lowest BCUT2D eigenvalue weighted by Gasteiger charge is -2.22. The topological polar surface area (TPSA) is 83.2 Å². The molecule has 0 radical (unpaired) electrons. The van der Waals surface area contributed by atoms with Crippen molar-refractivity contribution in [3.63, 3.8) is 0 Å². The monoisotopic (exact) mass is 495 g/mol. The summed E-state index contributed by atoms with van der Waals surface area (Å²) in [6.07, 6.45) is -3.88. The van der Waals surface area contributed by atoms with E-state index in [4.69, 9.17) is 16.3 Å². The molecule has 10 heteroatoms. The van der Waals surface area contributed by atoms with Gasteiger partial charge in [0, 0.05) is 46.8 Å². The Morgan fingerprint density at radius 3 is 2.62 bits per heavy atom. The third-order valence-corrected chi connectivity index (χ3v) is 5.48. The van der Waals surface area contributed by atoms with Crippen LogP contribution in [0.15, 0.2) is 48.7 Å². The van der Waals surface area contributed by atoms with Crippen LogP contribution in [-0.4, -0.2) is 42.2 Å². The molecule has 0 bridgehead atoms. The van der Waals surface area contributed by atoms with E-state index in [2.05, 4.69) is 15.6 Å². The van der Waals surface area contributed by atoms with Crippen LogP contribution in [0.2, 0.25) is 5.02 Å². The number of carbonyl (C=O) groups is 2. The van der Waals surface area contributed by atoms with Crippen LogP contribution in [0.4, 0.5) is 13.2 Å². The molecule has 2 atom stereocenters. The molecule has 0 saturated carbocycles. The number of aromatic nitrogens is 1. The van der Waals surface area contributed by atoms with Crippen LogP contribution in [0.1, 0.15) is 41.4 Å². The minimum atomic E-state index is -5.10. The van der Waals surface area contributed by atoms with E-state index >= 15 is 0 Å². The number of aromatic amines is 1. The van der Waals surface area contributed by atoms with E-state index in [-0.39, 0.29) is 18.5 Å². The van der Waals surface area contributed by atoms with Crippen LogP contribution in [-0.2, 0) is 16.0 Å². The summed E-state index contributed by atoms with van der Waals surface area (Å²) in [7, 11) is 0. The summed E-state index contributed by atoms with van der Waals surface area (Å²) in [5, 5.41) is 7.16. The van der Waals surface area contributed by atoms with Gasteiger partial charge in [-0.05, 0) is 55.7 Å². The molecule has 34 heavy (non-hydrogen) atoms. The number of ether oxygens (including phenoxy) is 1. The van der Waals surface area contributed by atoms with Crippen LogP contribution in [0.3, 0.4) is 0 Å². The molecule has 0 aliphatic rings. The molecule has 0 aliphatic carbocycles. The van der Waals surface area contributed by atoms with Gasteiger partial charge in [0.25, 0.3) is 5.91 Å². The van der Waals surface area contributed by atoms with Crippen molar-refractivity contribution in [2.24, 2.45) is 0 Å². The number of hydrogen-bond acceptors (Lipinski definition) is 4. The second-order valence-electron chi connectivity index (χ2n) is 7.89. The van der Waals surface area contributed by atoms with Gasteiger partial charge in [0.05, 0.1) is 0 Å². The van der Waals surface area contributed by atoms with Crippen LogP contribution < -0.4 is 10.6 Å². The van der Waals surface area contributed by atoms with Crippen molar-refractivity contribution >= 4 is 34.4 Å². The minimum absolute atomic E-state index is 0.0347. The molecule has 3 rings (SSSR count). The fourth-order valence-electron chi connectivity index (χ4n) is 3.60. The zero-order chi connectivity index (χ0) is 24.9. The summed E-state index contributed by atoms with van der Waals surface area (Å²) in [6.45, 7) is 4.22. The Balaban J connectivity index is 1.69. The standard InChI is InChI=1S/C24H25ClF3N3O3/c1-3-29-22(32)16-7-8-19-17(12-31-20(19)11-16)9-14(2)30-13-21(34-23(33)24(26,27)28)15-5-4-6-18(25)10-15/h4-8,10-12,14,21,30-31H,3,9,13H2,1-2H3,(H,29,32)/t14-,21-/m1/s1. The van der Waals surface area contributed by atoms with Gasteiger partial charge in [0.1, 0.15) is 6.10 Å². The maximum Gasteiger partial charge on any atom is 0.490 e. The van der Waals surface area contributed by atoms with Crippen LogP contribution in [0.25, 0.3) is 10.9 Å². The lowest BCUT2D eigenvalue weighted by atomic mass is 10.0. The van der Waals surface area contributed by atoms with E-state index in [9.17, 15) is 22.8 Å². The molecular formula is C24H25ClF3N3O3. The summed E-state index contributed by atoms with van der Waals surface area (Å²) >= 11 is 5.96. The Bertz CT molecular complexity index is 1160. The maximum absolute atomic E-state index is 12.8. The lowest BCUT2D eigenvalue weighted by molar-refractivity contribution is -0.205. The highest BCUT2D eigenvalue weighted by atomic mass is 35.5. The molecular weight excluding hydrogens is 471 g/mol. The van der Waals surface area contributed by atoms with Gasteiger partial charge in [-0.1, -0.05) is 29.8 Å². The Labute approximate surface area is 199 Å². The van der Waals surface area contributed by atoms with Gasteiger partial charge in [0.15, 0.2) is 0 Å². The first kappa shape index (κ1) is 25.6. The number of halogens is 4. The van der Waals surface area contributed by atoms with E-state index in [0.29, 0.717) is 29.1 Å². The number of nitrogens with one attached hydrogen (secondary N) is 3. The second kappa shape index (κ2) is 10.9. The first-order valence-corrected chi connectivity index (χ1v) is 11.1. The number of H-pyrrole nitrogens is 1. The first-order chi connectivity index (χ1) is 16.1. The molecule has 1 aromatic heterocycles. The summed E-state index contributed by atoms with van der Waals surface area (Å²) < 4.78 is 43.1. The molecule has 0 aliphatic heterocycles. The van der Waals surface area contributed by atoms with Crippen molar-refractivity contribution in [1.29, 1.82) is 0 Å². The SMILES string of the molecule is CCNC(=O)c1ccc2c(C[C@@H](C)NC[C@@H](OC(=O)C(F)(F)F)c3cccc(Cl)c3)c[nH]c2c1. The highest BCUT2D eigenvalue weighted by molar-refractivity contribution is 6.30. The molecule has 6 nitrogen and oxygen atoms in total. The van der Waals surface area contributed by atoms with Crippen LogP contribution in [0, 0.1) is 0 Å². The quantitative estimate of drug-likeness (QED) is 0.367. The average Bonchev–Trinajstić information content (AvgIpc) is 3.17. The van der Waals surface area contributed by atoms with Gasteiger partial charge in [-0.2, -0.15) is 13.2 Å². The lowest BCUT2D eigenvalue weighted by Crippen LogP contribution is -2.35. The van der Waals surface area contributed by atoms with Crippen molar-refractivity contribution in [1.82, 2.24) is 15.6 Å². The summed E-state index contributed by atoms with van der Waals surface area (Å²) in [5.41, 5.74) is 2.69. The third-order valence-electron chi connectivity index (χ3n) is 5.25. The zero-order valence-corrected chi connectivity index (χ0v) is 19.4. The molecule has 182 valence electrons. The summed E-state index contributed by atoms with van der Waals surface area (Å²) in [6, 6.07) is 11.4. The van der Waals surface area contributed by atoms with E-state index in [0.717, 1.165) is 16.5 Å². The van der Waals surface area contributed by atoms with Crippen molar-refractivity contribution in [2.75, 3.05) is 13.1 Å². The van der Waals surface area contributed by atoms with Crippen molar-refractivity contribution in [3.8, 4) is 0 Å². The maximum atomic E-state index is 12.8. The summed E-state index contributed by atoms with van der Waals surface area (Å²) in [5.74, 6) is -2.41. The van der Waals surface area contributed by atoms with Crippen LogP contribution >= 0.6 is 11.6 Å². The van der Waals surface area contributed by atoms with E-state index in [1.807, 2.05) is 26.1 Å². The van der Waals surface area contributed by atoms with Gasteiger partial charge in [-0.25, -0.2) is 4.79 Å². The third kappa shape index (κ3) is 6.51. The highest BCUT2D eigenvalue weighted by Gasteiger charge is 2.42. The largest absolute Gasteiger partial charge is 0.490 e. The predicted molar refractivity (Wildman–Crippen MR) is 124 cm³/mol. The number of rotatable bonds is 9. The van der Waals surface area contributed by atoms with Gasteiger partial charge >= 0.3 is 12.1 Å². The van der Waals surface area contributed by atoms with Gasteiger partial charge in [0.2, 0.25) is 0 Å². The molecule has 0 fully saturated rings. The second-order valence-corrected chi connectivity index (χ2v) is 8.33. The first-order valence-electron chi connectivity index (χ1n) is 10.7. The van der Waals surface area contributed by atoms with Gasteiger partial charge < -0.3 is 20.4 Å². The highest BCUT2D eigenvalue weighted by Crippen LogP contribution is 2.26. The van der Waals surface area contributed by atoms with Crippen LogP contribution in [0.5, 0.6) is 0 Å². The molecule has 3 N–H and O–H groups in total. The zero-order valence-electron chi connectivity index (χ0n) is 18.6. The number of benzene rings is 2. The Morgan fingerprint density at radius 1 is 1.18 bits per heavy atom. The number of hydrogen-bond donors (Lipinski definition) is 3. The van der Waals surface area contributed by atoms with Crippen molar-refractivity contribution in [3.05, 3.63) is 70.4 Å². The molecule has 2 aromatic carbocycles. The average molecular weight is 496 g/mol. The van der Waals surface area contributed by atoms with Gasteiger partial charge in [-0.3, -0.25) is 4.79 Å². The van der Waals surface area contributed by atoms with E-state index < -0.39 is 18.2 Å². The molecule has 1 amide bonds. The number of carbonyl (C=O) groups excluding carboxylic acids is 2. The van der Waals surface area contributed by atoms with Gasteiger partial charge in [-0.15, -0.1) is 0 Å². The van der Waals surface area contributed by atoms with Crippen molar-refractivity contribution < 1.29 is 27.5 Å². The fourth-order valence-corrected chi connectivity index (χ4v) is 3.80. The summed E-state index contributed by atoms with van der Waals surface area (Å²) in [4.78, 5) is 26.7. The normalized spacial score (nSPS) is 13.5. The smallest absolute Gasteiger partial charge is 0.449 e. The van der Waals surface area contributed by atoms with Crippen molar-refractivity contribution in [2.45, 2.75) is 38.6 Å². The molecule has 1 heterocycles. The predicted octanol–water partition coefficient (Wildman–Crippen LogP) is 4.94. The Morgan fingerprint density at radius 2 is 1.94 bits per heavy atom. The number of esters is 1. The molecule has 3 aromatic rings. The molecule has 0 spiro atoms. The molecule has 0 saturated heterocycles. The fraction of sp³-hybridized carbons (Fsp3) is 0.333. The minimum Gasteiger partial charge on any atom is -0.449 e. The molecule has 0 unspecified atom stereocenters. The number of alkyl halides is 3. The Kier molecular flexibility index (Phi) is 8.22. The van der Waals surface area contributed by atoms with E-state index in [1.54, 1.807) is 30.3 Å². The number of fused-ring (bicyclic) bond motifs is 1. The van der Waals surface area contributed by atoms with E-state index in [1.165, 1.54) is 6.07 Å².